The van der Waals surface area contributed by atoms with Gasteiger partial charge in [0.15, 0.2) is 0 Å². The molecule has 1 aromatic heterocycles. The van der Waals surface area contributed by atoms with Gasteiger partial charge in [-0.3, -0.25) is 0 Å². The van der Waals surface area contributed by atoms with E-state index in [0.717, 1.165) is 5.82 Å². The van der Waals surface area contributed by atoms with Gasteiger partial charge in [0.1, 0.15) is 11.9 Å². The van der Waals surface area contributed by atoms with Crippen molar-refractivity contribution in [3.8, 4) is 0 Å². The van der Waals surface area contributed by atoms with Crippen LogP contribution in [0.15, 0.2) is 12.4 Å². The van der Waals surface area contributed by atoms with E-state index in [1.807, 2.05) is 11.6 Å². The van der Waals surface area contributed by atoms with Gasteiger partial charge >= 0.3 is 12.0 Å². The highest BCUT2D eigenvalue weighted by Gasteiger charge is 2.33. The quantitative estimate of drug-likeness (QED) is 0.864. The summed E-state index contributed by atoms with van der Waals surface area (Å²) in [6.07, 6.45) is 3.44. The molecule has 0 spiro atoms. The standard InChI is InChI=1S/C13H22N4O3/c1-13(2,3)10(11(18)19)15-12(20)17(5)8-9-14-6-7-16(9)4/h6-7,10H,8H2,1-5H3,(H,15,20)(H,18,19). The summed E-state index contributed by atoms with van der Waals surface area (Å²) in [7, 11) is 3.44. The van der Waals surface area contributed by atoms with Crippen molar-refractivity contribution < 1.29 is 14.7 Å². The number of carboxylic acid groups (broad SMARTS) is 1. The van der Waals surface area contributed by atoms with Crippen LogP contribution in [0.3, 0.4) is 0 Å². The van der Waals surface area contributed by atoms with Gasteiger partial charge < -0.3 is 19.9 Å². The molecule has 0 saturated carbocycles. The van der Waals surface area contributed by atoms with Crippen LogP contribution in [0.2, 0.25) is 0 Å². The van der Waals surface area contributed by atoms with Gasteiger partial charge in [-0.25, -0.2) is 14.6 Å². The monoisotopic (exact) mass is 282 g/mol. The lowest BCUT2D eigenvalue weighted by atomic mass is 9.87. The Morgan fingerprint density at radius 2 is 2.10 bits per heavy atom. The number of hydrogen-bond donors (Lipinski definition) is 2. The molecule has 1 aromatic rings. The minimum absolute atomic E-state index is 0.311. The van der Waals surface area contributed by atoms with Crippen molar-refractivity contribution in [3.63, 3.8) is 0 Å². The van der Waals surface area contributed by atoms with Gasteiger partial charge in [-0.05, 0) is 5.41 Å². The first-order valence-corrected chi connectivity index (χ1v) is 6.33. The van der Waals surface area contributed by atoms with Crippen molar-refractivity contribution in [3.05, 3.63) is 18.2 Å². The zero-order valence-electron chi connectivity index (χ0n) is 12.5. The van der Waals surface area contributed by atoms with E-state index >= 15 is 0 Å². The molecular weight excluding hydrogens is 260 g/mol. The Morgan fingerprint density at radius 1 is 1.50 bits per heavy atom. The van der Waals surface area contributed by atoms with E-state index in [0.29, 0.717) is 6.54 Å². The number of carbonyl (C=O) groups excluding carboxylic acids is 1. The van der Waals surface area contributed by atoms with Gasteiger partial charge in [0, 0.05) is 26.5 Å². The molecule has 0 aliphatic carbocycles. The lowest BCUT2D eigenvalue weighted by Gasteiger charge is -2.29. The van der Waals surface area contributed by atoms with Crippen LogP contribution in [-0.2, 0) is 18.4 Å². The minimum Gasteiger partial charge on any atom is -0.480 e. The number of urea groups is 1. The summed E-state index contributed by atoms with van der Waals surface area (Å²) < 4.78 is 1.81. The molecule has 0 radical (unpaired) electrons. The van der Waals surface area contributed by atoms with Crippen LogP contribution in [0.1, 0.15) is 26.6 Å². The number of carboxylic acids is 1. The second-order valence-electron chi connectivity index (χ2n) is 5.90. The number of amides is 2. The molecule has 0 fully saturated rings. The topological polar surface area (TPSA) is 87.5 Å². The second-order valence-corrected chi connectivity index (χ2v) is 5.90. The molecule has 7 heteroatoms. The molecule has 0 aromatic carbocycles. The van der Waals surface area contributed by atoms with Crippen molar-refractivity contribution in [2.24, 2.45) is 12.5 Å². The summed E-state index contributed by atoms with van der Waals surface area (Å²) >= 11 is 0. The van der Waals surface area contributed by atoms with Crippen molar-refractivity contribution in [1.29, 1.82) is 0 Å². The van der Waals surface area contributed by atoms with E-state index in [1.165, 1.54) is 4.90 Å². The molecule has 0 aliphatic heterocycles. The zero-order chi connectivity index (χ0) is 15.5. The summed E-state index contributed by atoms with van der Waals surface area (Å²) in [6.45, 7) is 5.62. The lowest BCUT2D eigenvalue weighted by molar-refractivity contribution is -0.142. The van der Waals surface area contributed by atoms with Crippen LogP contribution < -0.4 is 5.32 Å². The summed E-state index contributed by atoms with van der Waals surface area (Å²) in [5, 5.41) is 11.7. The Labute approximate surface area is 118 Å². The first kappa shape index (κ1) is 16.0. The van der Waals surface area contributed by atoms with Crippen molar-refractivity contribution >= 4 is 12.0 Å². The molecule has 0 bridgehead atoms. The van der Waals surface area contributed by atoms with E-state index in [1.54, 1.807) is 40.2 Å². The molecule has 7 nitrogen and oxygen atoms in total. The normalized spacial score (nSPS) is 12.8. The van der Waals surface area contributed by atoms with Crippen LogP contribution in [0, 0.1) is 5.41 Å². The highest BCUT2D eigenvalue weighted by Crippen LogP contribution is 2.19. The van der Waals surface area contributed by atoms with E-state index in [4.69, 9.17) is 0 Å². The van der Waals surface area contributed by atoms with Gasteiger partial charge in [0.25, 0.3) is 0 Å². The molecule has 1 atom stereocenters. The smallest absolute Gasteiger partial charge is 0.326 e. The van der Waals surface area contributed by atoms with Crippen molar-refractivity contribution in [2.45, 2.75) is 33.4 Å². The Hall–Kier alpha value is -2.05. The number of aliphatic carboxylic acids is 1. The molecule has 2 N–H and O–H groups in total. The Morgan fingerprint density at radius 3 is 2.50 bits per heavy atom. The van der Waals surface area contributed by atoms with Gasteiger partial charge in [0.2, 0.25) is 0 Å². The number of rotatable bonds is 4. The van der Waals surface area contributed by atoms with E-state index in [-0.39, 0.29) is 0 Å². The predicted octanol–water partition coefficient (Wildman–Crippen LogP) is 1.06. The SMILES string of the molecule is CN(Cc1nccn1C)C(=O)NC(C(=O)O)C(C)(C)C. The summed E-state index contributed by atoms with van der Waals surface area (Å²) in [6, 6.07) is -1.38. The molecule has 20 heavy (non-hydrogen) atoms. The van der Waals surface area contributed by atoms with Crippen molar-refractivity contribution in [2.75, 3.05) is 7.05 Å². The highest BCUT2D eigenvalue weighted by atomic mass is 16.4. The van der Waals surface area contributed by atoms with Gasteiger partial charge in [-0.2, -0.15) is 0 Å². The molecule has 1 rings (SSSR count). The molecule has 1 unspecified atom stereocenters. The fourth-order valence-corrected chi connectivity index (χ4v) is 1.72. The number of hydrogen-bond acceptors (Lipinski definition) is 3. The summed E-state index contributed by atoms with van der Waals surface area (Å²) in [5.41, 5.74) is -0.564. The maximum atomic E-state index is 12.1. The third-order valence-electron chi connectivity index (χ3n) is 3.03. The maximum Gasteiger partial charge on any atom is 0.326 e. The third kappa shape index (κ3) is 3.97. The maximum absolute atomic E-state index is 12.1. The Bertz CT molecular complexity index is 490. The number of aromatic nitrogens is 2. The zero-order valence-corrected chi connectivity index (χ0v) is 12.5. The molecule has 1 heterocycles. The van der Waals surface area contributed by atoms with Gasteiger partial charge in [-0.15, -0.1) is 0 Å². The average Bonchev–Trinajstić information content (AvgIpc) is 2.69. The van der Waals surface area contributed by atoms with Crippen LogP contribution in [-0.4, -0.2) is 44.6 Å². The second kappa shape index (κ2) is 5.94. The number of imidazole rings is 1. The largest absolute Gasteiger partial charge is 0.480 e. The van der Waals surface area contributed by atoms with Gasteiger partial charge in [-0.1, -0.05) is 20.8 Å². The molecular formula is C13H22N4O3. The van der Waals surface area contributed by atoms with Crippen LogP contribution in [0.4, 0.5) is 4.79 Å². The molecule has 2 amide bonds. The predicted molar refractivity (Wildman–Crippen MR) is 74.1 cm³/mol. The van der Waals surface area contributed by atoms with Crippen LogP contribution in [0.5, 0.6) is 0 Å². The number of nitrogens with zero attached hydrogens (tertiary/aromatic N) is 3. The first-order chi connectivity index (χ1) is 9.12. The Balaban J connectivity index is 2.70. The number of aryl methyl sites for hydroxylation is 1. The van der Waals surface area contributed by atoms with Crippen LogP contribution in [0.25, 0.3) is 0 Å². The summed E-state index contributed by atoms with van der Waals surface area (Å²) in [5.74, 6) is -0.318. The van der Waals surface area contributed by atoms with Gasteiger partial charge in [0.05, 0.1) is 6.54 Å². The third-order valence-corrected chi connectivity index (χ3v) is 3.03. The van der Waals surface area contributed by atoms with E-state index < -0.39 is 23.5 Å². The molecule has 112 valence electrons. The van der Waals surface area contributed by atoms with E-state index in [9.17, 15) is 14.7 Å². The van der Waals surface area contributed by atoms with Crippen molar-refractivity contribution in [1.82, 2.24) is 19.8 Å². The van der Waals surface area contributed by atoms with Crippen LogP contribution >= 0.6 is 0 Å². The first-order valence-electron chi connectivity index (χ1n) is 6.33. The molecule has 0 saturated heterocycles. The average molecular weight is 282 g/mol. The highest BCUT2D eigenvalue weighted by molar-refractivity contribution is 5.83. The molecule has 0 aliphatic rings. The van der Waals surface area contributed by atoms with E-state index in [2.05, 4.69) is 10.3 Å². The minimum atomic E-state index is -1.05. The Kier molecular flexibility index (Phi) is 4.75. The fourth-order valence-electron chi connectivity index (χ4n) is 1.72. The summed E-state index contributed by atoms with van der Waals surface area (Å²) in [4.78, 5) is 28.8. The lowest BCUT2D eigenvalue weighted by Crippen LogP contribution is -2.52. The fraction of sp³-hybridized carbons (Fsp3) is 0.615. The number of nitrogens with one attached hydrogen (secondary N) is 1. The number of carbonyl (C=O) groups is 2.